The van der Waals surface area contributed by atoms with Crippen molar-refractivity contribution < 1.29 is 8.83 Å². The molecule has 0 spiro atoms. The SMILES string of the molecule is c1ccc(-c2ccc(N(c3ccccc3-c3cccc4ccc5oc6ccccc6c5c34)c3cccc4c3oc3ccccc34)cc2)cc1. The summed E-state index contributed by atoms with van der Waals surface area (Å²) in [5.41, 5.74) is 11.2. The Morgan fingerprint density at radius 1 is 0.347 bits per heavy atom. The van der Waals surface area contributed by atoms with Crippen molar-refractivity contribution in [3.05, 3.63) is 176 Å². The van der Waals surface area contributed by atoms with Crippen LogP contribution >= 0.6 is 0 Å². The van der Waals surface area contributed by atoms with Gasteiger partial charge in [-0.05, 0) is 64.5 Å². The van der Waals surface area contributed by atoms with E-state index in [9.17, 15) is 0 Å². The van der Waals surface area contributed by atoms with E-state index in [1.54, 1.807) is 0 Å². The minimum Gasteiger partial charge on any atom is -0.456 e. The maximum atomic E-state index is 6.66. The number of benzene rings is 8. The number of rotatable bonds is 5. The first-order valence-corrected chi connectivity index (χ1v) is 16.6. The van der Waals surface area contributed by atoms with Crippen LogP contribution in [0.2, 0.25) is 0 Å². The smallest absolute Gasteiger partial charge is 0.159 e. The Kier molecular flexibility index (Phi) is 6.18. The first-order chi connectivity index (χ1) is 24.3. The summed E-state index contributed by atoms with van der Waals surface area (Å²) in [6.45, 7) is 0. The van der Waals surface area contributed by atoms with Crippen molar-refractivity contribution in [2.24, 2.45) is 0 Å². The van der Waals surface area contributed by atoms with Crippen molar-refractivity contribution in [1.29, 1.82) is 0 Å². The Bertz CT molecular complexity index is 2830. The molecule has 0 fully saturated rings. The number of hydrogen-bond acceptors (Lipinski definition) is 3. The van der Waals surface area contributed by atoms with Gasteiger partial charge in [-0.3, -0.25) is 0 Å². The van der Waals surface area contributed by atoms with Crippen LogP contribution in [-0.4, -0.2) is 0 Å². The van der Waals surface area contributed by atoms with E-state index >= 15 is 0 Å². The number of nitrogens with zero attached hydrogens (tertiary/aromatic N) is 1. The third-order valence-electron chi connectivity index (χ3n) is 9.68. The molecule has 0 aliphatic heterocycles. The van der Waals surface area contributed by atoms with Crippen LogP contribution in [0.25, 0.3) is 76.9 Å². The lowest BCUT2D eigenvalue weighted by Gasteiger charge is -2.28. The predicted octanol–water partition coefficient (Wildman–Crippen LogP) is 13.4. The van der Waals surface area contributed by atoms with Gasteiger partial charge in [0, 0.05) is 38.2 Å². The Balaban J connectivity index is 1.26. The number of para-hydroxylation sites is 4. The van der Waals surface area contributed by atoms with Crippen LogP contribution in [0.15, 0.2) is 185 Å². The van der Waals surface area contributed by atoms with E-state index < -0.39 is 0 Å². The molecule has 8 aromatic carbocycles. The third kappa shape index (κ3) is 4.37. The van der Waals surface area contributed by atoms with E-state index in [1.165, 1.54) is 21.9 Å². The molecule has 0 radical (unpaired) electrons. The Morgan fingerprint density at radius 3 is 1.84 bits per heavy atom. The molecule has 10 aromatic rings. The Labute approximate surface area is 282 Å². The average molecular weight is 628 g/mol. The van der Waals surface area contributed by atoms with Crippen molar-refractivity contribution in [2.45, 2.75) is 0 Å². The molecule has 0 aliphatic carbocycles. The zero-order valence-corrected chi connectivity index (χ0v) is 26.5. The number of hydrogen-bond donors (Lipinski definition) is 0. The lowest BCUT2D eigenvalue weighted by molar-refractivity contribution is 0.669. The second-order valence-electron chi connectivity index (χ2n) is 12.5. The minimum absolute atomic E-state index is 0.853. The van der Waals surface area contributed by atoms with E-state index in [-0.39, 0.29) is 0 Å². The number of fused-ring (bicyclic) bond motifs is 8. The molecule has 0 saturated heterocycles. The van der Waals surface area contributed by atoms with Crippen molar-refractivity contribution in [1.82, 2.24) is 0 Å². The predicted molar refractivity (Wildman–Crippen MR) is 204 cm³/mol. The van der Waals surface area contributed by atoms with Gasteiger partial charge >= 0.3 is 0 Å². The van der Waals surface area contributed by atoms with Gasteiger partial charge in [-0.25, -0.2) is 0 Å². The van der Waals surface area contributed by atoms with Crippen LogP contribution in [0, 0.1) is 0 Å². The quantitative estimate of drug-likeness (QED) is 0.190. The molecule has 2 aromatic heterocycles. The third-order valence-corrected chi connectivity index (χ3v) is 9.68. The molecule has 3 nitrogen and oxygen atoms in total. The molecular weight excluding hydrogens is 599 g/mol. The second kappa shape index (κ2) is 11.0. The molecule has 0 bridgehead atoms. The van der Waals surface area contributed by atoms with Gasteiger partial charge in [0.15, 0.2) is 5.58 Å². The first-order valence-electron chi connectivity index (χ1n) is 16.6. The highest BCUT2D eigenvalue weighted by Crippen LogP contribution is 2.48. The number of furan rings is 2. The zero-order valence-electron chi connectivity index (χ0n) is 26.5. The zero-order chi connectivity index (χ0) is 32.3. The summed E-state index contributed by atoms with van der Waals surface area (Å²) in [6.07, 6.45) is 0. The maximum absolute atomic E-state index is 6.66. The molecule has 0 atom stereocenters. The molecule has 10 rings (SSSR count). The summed E-state index contributed by atoms with van der Waals surface area (Å²) in [5.74, 6) is 0. The highest BCUT2D eigenvalue weighted by Gasteiger charge is 2.23. The summed E-state index contributed by atoms with van der Waals surface area (Å²) in [7, 11) is 0. The van der Waals surface area contributed by atoms with Gasteiger partial charge in [-0.1, -0.05) is 133 Å². The standard InChI is InChI=1S/C46H29NO2/c1-2-12-30(13-3-1)31-24-27-33(28-25-31)47(40-21-11-19-37-35-16-5-8-22-41(35)49-46(37)40)39-20-7-4-15-34(39)36-18-10-14-32-26-29-43-45(44(32)36)38-17-6-9-23-42(38)48-43/h1-29H. The van der Waals surface area contributed by atoms with E-state index in [4.69, 9.17) is 8.83 Å². The summed E-state index contributed by atoms with van der Waals surface area (Å²) >= 11 is 0. The summed E-state index contributed by atoms with van der Waals surface area (Å²) in [6, 6.07) is 61.9. The van der Waals surface area contributed by atoms with Crippen LogP contribution in [0.5, 0.6) is 0 Å². The van der Waals surface area contributed by atoms with Gasteiger partial charge in [0.1, 0.15) is 16.7 Å². The fraction of sp³-hybridized carbons (Fsp3) is 0. The van der Waals surface area contributed by atoms with Crippen molar-refractivity contribution in [3.63, 3.8) is 0 Å². The van der Waals surface area contributed by atoms with Crippen LogP contribution in [0.3, 0.4) is 0 Å². The van der Waals surface area contributed by atoms with Gasteiger partial charge in [-0.15, -0.1) is 0 Å². The van der Waals surface area contributed by atoms with Crippen LogP contribution < -0.4 is 4.90 Å². The van der Waals surface area contributed by atoms with E-state index in [2.05, 4.69) is 157 Å². The maximum Gasteiger partial charge on any atom is 0.159 e. The molecule has 3 heteroatoms. The molecule has 49 heavy (non-hydrogen) atoms. The molecule has 0 amide bonds. The molecule has 0 saturated carbocycles. The van der Waals surface area contributed by atoms with Gasteiger partial charge in [0.05, 0.1) is 11.4 Å². The van der Waals surface area contributed by atoms with Crippen LogP contribution in [0.1, 0.15) is 0 Å². The average Bonchev–Trinajstić information content (AvgIpc) is 3.75. The Hall–Kier alpha value is -6.58. The summed E-state index contributed by atoms with van der Waals surface area (Å²) in [4.78, 5) is 2.35. The Morgan fingerprint density at radius 2 is 0.980 bits per heavy atom. The highest BCUT2D eigenvalue weighted by molar-refractivity contribution is 6.23. The van der Waals surface area contributed by atoms with Gasteiger partial charge in [-0.2, -0.15) is 0 Å². The normalized spacial score (nSPS) is 11.7. The van der Waals surface area contributed by atoms with E-state index in [1.807, 2.05) is 24.3 Å². The van der Waals surface area contributed by atoms with Crippen molar-refractivity contribution in [3.8, 4) is 22.3 Å². The van der Waals surface area contributed by atoms with Crippen molar-refractivity contribution in [2.75, 3.05) is 4.90 Å². The molecular formula is C46H29NO2. The molecule has 0 N–H and O–H groups in total. The molecule has 2 heterocycles. The summed E-state index contributed by atoms with van der Waals surface area (Å²) in [5, 5.41) is 6.80. The largest absolute Gasteiger partial charge is 0.456 e. The van der Waals surface area contributed by atoms with E-state index in [0.717, 1.165) is 72.1 Å². The number of anilines is 3. The van der Waals surface area contributed by atoms with Gasteiger partial charge in [0.2, 0.25) is 0 Å². The minimum atomic E-state index is 0.853. The summed E-state index contributed by atoms with van der Waals surface area (Å²) < 4.78 is 13.0. The van der Waals surface area contributed by atoms with E-state index in [0.29, 0.717) is 0 Å². The van der Waals surface area contributed by atoms with Crippen LogP contribution in [0.4, 0.5) is 17.1 Å². The highest BCUT2D eigenvalue weighted by atomic mass is 16.3. The first kappa shape index (κ1) is 27.5. The lowest BCUT2D eigenvalue weighted by atomic mass is 9.93. The monoisotopic (exact) mass is 627 g/mol. The fourth-order valence-corrected chi connectivity index (χ4v) is 7.46. The van der Waals surface area contributed by atoms with Crippen molar-refractivity contribution >= 4 is 71.7 Å². The van der Waals surface area contributed by atoms with Gasteiger partial charge in [0.25, 0.3) is 0 Å². The fourth-order valence-electron chi connectivity index (χ4n) is 7.46. The molecule has 0 aliphatic rings. The molecule has 0 unspecified atom stereocenters. The second-order valence-corrected chi connectivity index (χ2v) is 12.5. The molecule has 230 valence electrons. The topological polar surface area (TPSA) is 29.5 Å². The van der Waals surface area contributed by atoms with Crippen LogP contribution in [-0.2, 0) is 0 Å². The van der Waals surface area contributed by atoms with Gasteiger partial charge < -0.3 is 13.7 Å². The lowest BCUT2D eigenvalue weighted by Crippen LogP contribution is -2.11.